The highest BCUT2D eigenvalue weighted by atomic mass is 31.2. The number of quaternary nitrogens is 1. The van der Waals surface area contributed by atoms with Gasteiger partial charge in [-0.25, -0.2) is 4.57 Å². The van der Waals surface area contributed by atoms with Gasteiger partial charge in [-0.15, -0.1) is 0 Å². The van der Waals surface area contributed by atoms with Gasteiger partial charge in [0, 0.05) is 12.8 Å². The molecule has 0 spiro atoms. The summed E-state index contributed by atoms with van der Waals surface area (Å²) in [6.45, 7) is 4.29. The van der Waals surface area contributed by atoms with Crippen LogP contribution in [0.4, 0.5) is 0 Å². The molecule has 2 unspecified atom stereocenters. The third-order valence-electron chi connectivity index (χ3n) is 13.5. The lowest BCUT2D eigenvalue weighted by Crippen LogP contribution is -2.37. The van der Waals surface area contributed by atoms with Gasteiger partial charge in [-0.2, -0.15) is 0 Å². The van der Waals surface area contributed by atoms with E-state index in [0.29, 0.717) is 17.4 Å². The number of allylic oxidation sites excluding steroid dienone is 20. The number of esters is 2. The number of phosphoric acid groups is 1. The first-order chi connectivity index (χ1) is 39.0. The van der Waals surface area contributed by atoms with Gasteiger partial charge in [0.1, 0.15) is 19.8 Å². The van der Waals surface area contributed by atoms with Crippen molar-refractivity contribution in [3.8, 4) is 0 Å². The van der Waals surface area contributed by atoms with E-state index in [-0.39, 0.29) is 32.0 Å². The van der Waals surface area contributed by atoms with Crippen LogP contribution in [-0.4, -0.2) is 74.9 Å². The van der Waals surface area contributed by atoms with E-state index in [2.05, 4.69) is 135 Å². The number of likely N-dealkylation sites (N-methyl/N-ethyl adjacent to an activating group) is 1. The maximum Gasteiger partial charge on any atom is 0.472 e. The smallest absolute Gasteiger partial charge is 0.462 e. The summed E-state index contributed by atoms with van der Waals surface area (Å²) in [6, 6.07) is 0. The van der Waals surface area contributed by atoms with E-state index in [4.69, 9.17) is 18.5 Å². The molecule has 10 heteroatoms. The normalized spacial score (nSPS) is 14.0. The Bertz CT molecular complexity index is 1760. The summed E-state index contributed by atoms with van der Waals surface area (Å²) in [5.41, 5.74) is 0. The second-order valence-electron chi connectivity index (χ2n) is 22.4. The first kappa shape index (κ1) is 76.4. The maximum atomic E-state index is 12.8. The molecular weight excluding hydrogens is 1010 g/mol. The molecule has 0 saturated carbocycles. The van der Waals surface area contributed by atoms with Crippen LogP contribution in [0.3, 0.4) is 0 Å². The molecule has 0 bridgehead atoms. The fourth-order valence-corrected chi connectivity index (χ4v) is 9.27. The third kappa shape index (κ3) is 63.6. The van der Waals surface area contributed by atoms with Crippen molar-refractivity contribution in [1.82, 2.24) is 0 Å². The highest BCUT2D eigenvalue weighted by Crippen LogP contribution is 2.43. The van der Waals surface area contributed by atoms with Crippen LogP contribution < -0.4 is 0 Å². The van der Waals surface area contributed by atoms with Crippen LogP contribution in [0, 0.1) is 0 Å². The minimum Gasteiger partial charge on any atom is -0.462 e. The zero-order valence-corrected chi connectivity index (χ0v) is 52.9. The Labute approximate surface area is 492 Å². The Morgan fingerprint density at radius 2 is 0.713 bits per heavy atom. The molecule has 0 aromatic carbocycles. The van der Waals surface area contributed by atoms with E-state index < -0.39 is 26.5 Å². The standard InChI is InChI=1S/C70H120NO8P/c1-6-8-10-12-14-16-18-20-22-24-26-27-28-29-30-31-32-33-34-35-36-37-38-39-40-41-42-43-45-47-49-51-53-55-57-59-61-63-70(73)79-68(67-78-80(74,75)77-65-64-71(3,4)5)66-76-69(72)62-60-58-56-54-52-50-48-46-44-25-23-21-19-17-15-13-11-9-7-2/h8,10,14-17,20-23,26-27,29-30,32-33,35-36,38-39,68H,6-7,9,11-13,18-19,24-25,28,31,34,37,40-67H2,1-5H3/p+1/b10-8-,16-14-,17-15-,22-20-,23-21-,27-26-,30-29-,33-32-,36-35-,39-38-. The number of carbonyl (C=O) groups excluding carboxylic acids is 2. The van der Waals surface area contributed by atoms with Gasteiger partial charge in [0.25, 0.3) is 0 Å². The number of unbranched alkanes of at least 4 members (excludes halogenated alkanes) is 24. The molecule has 9 nitrogen and oxygen atoms in total. The van der Waals surface area contributed by atoms with Crippen molar-refractivity contribution >= 4 is 19.8 Å². The average Bonchev–Trinajstić information content (AvgIpc) is 3.42. The van der Waals surface area contributed by atoms with Crippen molar-refractivity contribution in [3.63, 3.8) is 0 Å². The molecule has 0 aliphatic heterocycles. The third-order valence-corrected chi connectivity index (χ3v) is 14.5. The van der Waals surface area contributed by atoms with Crippen LogP contribution in [-0.2, 0) is 32.7 Å². The van der Waals surface area contributed by atoms with Gasteiger partial charge >= 0.3 is 19.8 Å². The van der Waals surface area contributed by atoms with E-state index in [1.165, 1.54) is 128 Å². The van der Waals surface area contributed by atoms with E-state index in [0.717, 1.165) is 96.3 Å². The summed E-state index contributed by atoms with van der Waals surface area (Å²) in [4.78, 5) is 35.8. The largest absolute Gasteiger partial charge is 0.472 e. The van der Waals surface area contributed by atoms with Gasteiger partial charge in [-0.05, 0) is 109 Å². The van der Waals surface area contributed by atoms with Crippen molar-refractivity contribution in [2.45, 2.75) is 264 Å². The number of nitrogens with zero attached hydrogens (tertiary/aromatic N) is 1. The molecule has 0 fully saturated rings. The minimum atomic E-state index is -4.40. The zero-order valence-electron chi connectivity index (χ0n) is 52.0. The maximum absolute atomic E-state index is 12.8. The monoisotopic (exact) mass is 1130 g/mol. The van der Waals surface area contributed by atoms with Crippen molar-refractivity contribution in [2.24, 2.45) is 0 Å². The molecule has 0 amide bonds. The molecule has 0 heterocycles. The summed E-state index contributed by atoms with van der Waals surface area (Å²) >= 11 is 0. The van der Waals surface area contributed by atoms with Crippen LogP contribution in [0.1, 0.15) is 258 Å². The predicted octanol–water partition coefficient (Wildman–Crippen LogP) is 20.7. The minimum absolute atomic E-state index is 0.0259. The van der Waals surface area contributed by atoms with Gasteiger partial charge in [-0.3, -0.25) is 18.6 Å². The number of ether oxygens (including phenoxy) is 2. The van der Waals surface area contributed by atoms with Crippen LogP contribution in [0.5, 0.6) is 0 Å². The second kappa shape index (κ2) is 60.0. The SMILES string of the molecule is CC/C=C\C/C=C\C/C=C\C/C=C\C/C=C\C/C=C\C/C=C\C/C=C\CCCCCCCCCCCCCCC(=O)OC(COC(=O)CCCCCCCCCCC/C=C\C/C=C\CCCCC)COP(=O)(O)OCC[N+](C)(C)C. The van der Waals surface area contributed by atoms with Crippen LogP contribution in [0.25, 0.3) is 0 Å². The fourth-order valence-electron chi connectivity index (χ4n) is 8.53. The first-order valence-electron chi connectivity index (χ1n) is 32.3. The van der Waals surface area contributed by atoms with E-state index in [9.17, 15) is 19.0 Å². The van der Waals surface area contributed by atoms with Gasteiger partial charge < -0.3 is 18.9 Å². The quantitative estimate of drug-likeness (QED) is 0.0211. The Morgan fingerprint density at radius 3 is 1.06 bits per heavy atom. The van der Waals surface area contributed by atoms with E-state index in [1.807, 2.05) is 21.1 Å². The van der Waals surface area contributed by atoms with Crippen LogP contribution in [0.2, 0.25) is 0 Å². The number of hydrogen-bond acceptors (Lipinski definition) is 7. The van der Waals surface area contributed by atoms with Gasteiger partial charge in [0.2, 0.25) is 0 Å². The van der Waals surface area contributed by atoms with Crippen LogP contribution in [0.15, 0.2) is 122 Å². The lowest BCUT2D eigenvalue weighted by molar-refractivity contribution is -0.870. The van der Waals surface area contributed by atoms with Crippen LogP contribution >= 0.6 is 7.82 Å². The summed E-state index contributed by atoms with van der Waals surface area (Å²) in [7, 11) is 1.46. The zero-order chi connectivity index (χ0) is 58.4. The van der Waals surface area contributed by atoms with E-state index in [1.54, 1.807) is 0 Å². The molecule has 80 heavy (non-hydrogen) atoms. The average molecular weight is 1140 g/mol. The Hall–Kier alpha value is -3.59. The summed E-state index contributed by atoms with van der Waals surface area (Å²) < 4.78 is 34.6. The Balaban J connectivity index is 4.10. The Morgan fingerprint density at radius 1 is 0.400 bits per heavy atom. The van der Waals surface area contributed by atoms with Crippen molar-refractivity contribution < 1.29 is 42.1 Å². The summed E-state index contributed by atoms with van der Waals surface area (Å²) in [5, 5.41) is 0. The second-order valence-corrected chi connectivity index (χ2v) is 23.9. The number of phosphoric ester groups is 1. The number of carbonyl (C=O) groups is 2. The van der Waals surface area contributed by atoms with Crippen molar-refractivity contribution in [3.05, 3.63) is 122 Å². The number of rotatable bonds is 58. The molecule has 0 radical (unpaired) electrons. The number of hydrogen-bond donors (Lipinski definition) is 1. The molecule has 0 aliphatic carbocycles. The molecule has 0 rings (SSSR count). The topological polar surface area (TPSA) is 108 Å². The molecule has 0 saturated heterocycles. The molecule has 2 atom stereocenters. The highest BCUT2D eigenvalue weighted by molar-refractivity contribution is 7.47. The lowest BCUT2D eigenvalue weighted by Gasteiger charge is -2.24. The molecule has 0 aromatic rings. The van der Waals surface area contributed by atoms with Gasteiger partial charge in [0.15, 0.2) is 6.10 Å². The first-order valence-corrected chi connectivity index (χ1v) is 33.8. The molecule has 0 aliphatic rings. The molecular formula is C70H121NO8P+. The Kier molecular flexibility index (Phi) is 57.3. The molecule has 0 aromatic heterocycles. The molecule has 458 valence electrons. The lowest BCUT2D eigenvalue weighted by atomic mass is 10.0. The van der Waals surface area contributed by atoms with Crippen molar-refractivity contribution in [2.75, 3.05) is 47.5 Å². The fraction of sp³-hybridized carbons (Fsp3) is 0.686. The highest BCUT2D eigenvalue weighted by Gasteiger charge is 2.27. The molecule has 1 N–H and O–H groups in total. The van der Waals surface area contributed by atoms with Crippen molar-refractivity contribution in [1.29, 1.82) is 0 Å². The van der Waals surface area contributed by atoms with E-state index >= 15 is 0 Å². The van der Waals surface area contributed by atoms with Gasteiger partial charge in [0.05, 0.1) is 27.7 Å². The summed E-state index contributed by atoms with van der Waals surface area (Å²) in [5.74, 6) is -0.806. The van der Waals surface area contributed by atoms with Gasteiger partial charge in [-0.1, -0.05) is 257 Å². The predicted molar refractivity (Wildman–Crippen MR) is 344 cm³/mol. The summed E-state index contributed by atoms with van der Waals surface area (Å²) in [6.07, 6.45) is 85.6.